The van der Waals surface area contributed by atoms with Crippen molar-refractivity contribution in [3.05, 3.63) is 75.8 Å². The number of aliphatic hydroxyl groups is 1. The van der Waals surface area contributed by atoms with Crippen LogP contribution in [0.5, 0.6) is 0 Å². The number of nitrogens with zero attached hydrogens (tertiary/aromatic N) is 1. The number of aryl methyl sites for hydroxylation is 1. The minimum atomic E-state index is -0.946. The molecule has 1 aromatic carbocycles. The molecule has 0 spiro atoms. The maximum absolute atomic E-state index is 12.5. The SMILES string of the molecule is CC1=C(O)C(=O)C(c2cc(C)ccc2Cl)OC1c1ccccn1. The van der Waals surface area contributed by atoms with Crippen LogP contribution in [-0.4, -0.2) is 15.9 Å². The molecule has 1 N–H and O–H groups in total. The first-order valence-corrected chi connectivity index (χ1v) is 7.63. The van der Waals surface area contributed by atoms with Gasteiger partial charge in [0.1, 0.15) is 6.10 Å². The van der Waals surface area contributed by atoms with Crippen molar-refractivity contribution in [2.45, 2.75) is 26.1 Å². The Balaban J connectivity index is 2.07. The topological polar surface area (TPSA) is 59.4 Å². The Morgan fingerprint density at radius 3 is 2.65 bits per heavy atom. The Hall–Kier alpha value is -2.17. The highest BCUT2D eigenvalue weighted by Crippen LogP contribution is 2.40. The molecule has 1 aliphatic heterocycles. The summed E-state index contributed by atoms with van der Waals surface area (Å²) in [5.41, 5.74) is 2.60. The summed E-state index contributed by atoms with van der Waals surface area (Å²) in [5.74, 6) is -0.767. The molecule has 0 aliphatic carbocycles. The summed E-state index contributed by atoms with van der Waals surface area (Å²) in [5, 5.41) is 10.7. The van der Waals surface area contributed by atoms with Crippen molar-refractivity contribution in [3.63, 3.8) is 0 Å². The lowest BCUT2D eigenvalue weighted by Crippen LogP contribution is -2.28. The number of pyridine rings is 1. The van der Waals surface area contributed by atoms with Gasteiger partial charge in [0.15, 0.2) is 11.9 Å². The quantitative estimate of drug-likeness (QED) is 0.894. The van der Waals surface area contributed by atoms with Crippen LogP contribution in [0.1, 0.15) is 36.0 Å². The molecular formula is C18H16ClNO3. The van der Waals surface area contributed by atoms with Crippen molar-refractivity contribution < 1.29 is 14.6 Å². The number of hydrogen-bond donors (Lipinski definition) is 1. The van der Waals surface area contributed by atoms with Gasteiger partial charge in [-0.1, -0.05) is 35.4 Å². The molecule has 4 nitrogen and oxygen atoms in total. The third-order valence-electron chi connectivity index (χ3n) is 3.90. The highest BCUT2D eigenvalue weighted by Gasteiger charge is 2.38. The lowest BCUT2D eigenvalue weighted by Gasteiger charge is -2.30. The number of Topliss-reactive ketones (excluding diaryl/α,β-unsaturated/α-hetero) is 1. The van der Waals surface area contributed by atoms with Crippen LogP contribution in [-0.2, 0) is 9.53 Å². The van der Waals surface area contributed by atoms with Crippen LogP contribution in [0, 0.1) is 6.92 Å². The van der Waals surface area contributed by atoms with Crippen molar-refractivity contribution >= 4 is 17.4 Å². The Kier molecular flexibility index (Phi) is 4.20. The number of ether oxygens (including phenoxy) is 1. The van der Waals surface area contributed by atoms with Gasteiger partial charge in [0.25, 0.3) is 0 Å². The van der Waals surface area contributed by atoms with E-state index in [1.807, 2.05) is 19.1 Å². The minimum absolute atomic E-state index is 0.283. The summed E-state index contributed by atoms with van der Waals surface area (Å²) in [6.45, 7) is 3.57. The van der Waals surface area contributed by atoms with Gasteiger partial charge >= 0.3 is 0 Å². The van der Waals surface area contributed by atoms with Crippen molar-refractivity contribution in [2.24, 2.45) is 0 Å². The third kappa shape index (κ3) is 2.87. The number of hydrogen-bond acceptors (Lipinski definition) is 4. The predicted molar refractivity (Wildman–Crippen MR) is 87.3 cm³/mol. The smallest absolute Gasteiger partial charge is 0.230 e. The standard InChI is InChI=1S/C18H16ClNO3/c1-10-6-7-13(19)12(9-10)18-16(22)15(21)11(2)17(23-18)14-5-3-4-8-20-14/h3-9,17-18,21H,1-2H3. The zero-order chi connectivity index (χ0) is 16.6. The zero-order valence-corrected chi connectivity index (χ0v) is 13.5. The van der Waals surface area contributed by atoms with E-state index in [1.54, 1.807) is 37.4 Å². The number of aromatic nitrogens is 1. The van der Waals surface area contributed by atoms with Crippen LogP contribution in [0.2, 0.25) is 5.02 Å². The van der Waals surface area contributed by atoms with E-state index in [0.717, 1.165) is 5.56 Å². The van der Waals surface area contributed by atoms with Crippen LogP contribution in [0.15, 0.2) is 53.9 Å². The van der Waals surface area contributed by atoms with Gasteiger partial charge in [0.2, 0.25) is 5.78 Å². The molecule has 118 valence electrons. The van der Waals surface area contributed by atoms with E-state index in [1.165, 1.54) is 0 Å². The van der Waals surface area contributed by atoms with Crippen LogP contribution in [0.3, 0.4) is 0 Å². The number of carbonyl (C=O) groups is 1. The maximum Gasteiger partial charge on any atom is 0.230 e. The fourth-order valence-electron chi connectivity index (χ4n) is 2.64. The Morgan fingerprint density at radius 1 is 1.17 bits per heavy atom. The van der Waals surface area contributed by atoms with E-state index in [2.05, 4.69) is 4.98 Å². The van der Waals surface area contributed by atoms with Crippen molar-refractivity contribution in [1.29, 1.82) is 0 Å². The number of halogens is 1. The van der Waals surface area contributed by atoms with Gasteiger partial charge in [-0.05, 0) is 32.0 Å². The molecule has 1 aromatic heterocycles. The average molecular weight is 330 g/mol. The van der Waals surface area contributed by atoms with Gasteiger partial charge in [0, 0.05) is 22.4 Å². The molecule has 0 fully saturated rings. The number of carbonyl (C=O) groups excluding carboxylic acids is 1. The molecular weight excluding hydrogens is 314 g/mol. The molecule has 2 heterocycles. The van der Waals surface area contributed by atoms with E-state index in [4.69, 9.17) is 16.3 Å². The molecule has 0 bridgehead atoms. The second-order valence-corrected chi connectivity index (χ2v) is 5.98. The van der Waals surface area contributed by atoms with Gasteiger partial charge in [0.05, 0.1) is 5.69 Å². The number of rotatable bonds is 2. The van der Waals surface area contributed by atoms with E-state index in [-0.39, 0.29) is 5.76 Å². The molecule has 2 unspecified atom stereocenters. The molecule has 2 aromatic rings. The second-order valence-electron chi connectivity index (χ2n) is 5.57. The largest absolute Gasteiger partial charge is 0.504 e. The van der Waals surface area contributed by atoms with Crippen LogP contribution in [0.25, 0.3) is 0 Å². The van der Waals surface area contributed by atoms with Crippen molar-refractivity contribution in [2.75, 3.05) is 0 Å². The summed E-state index contributed by atoms with van der Waals surface area (Å²) >= 11 is 6.23. The summed E-state index contributed by atoms with van der Waals surface area (Å²) in [7, 11) is 0. The van der Waals surface area contributed by atoms with Crippen LogP contribution < -0.4 is 0 Å². The van der Waals surface area contributed by atoms with Crippen LogP contribution in [0.4, 0.5) is 0 Å². The third-order valence-corrected chi connectivity index (χ3v) is 4.25. The van der Waals surface area contributed by atoms with Crippen molar-refractivity contribution in [3.8, 4) is 0 Å². The first-order chi connectivity index (χ1) is 11.0. The van der Waals surface area contributed by atoms with Crippen LogP contribution >= 0.6 is 11.6 Å². The van der Waals surface area contributed by atoms with Gasteiger partial charge in [-0.3, -0.25) is 9.78 Å². The first-order valence-electron chi connectivity index (χ1n) is 7.25. The minimum Gasteiger partial charge on any atom is -0.504 e. The molecule has 0 saturated heterocycles. The average Bonchev–Trinajstić information content (AvgIpc) is 2.56. The number of aliphatic hydroxyl groups excluding tert-OH is 1. The zero-order valence-electron chi connectivity index (χ0n) is 12.8. The molecule has 0 amide bonds. The molecule has 0 radical (unpaired) electrons. The fraction of sp³-hybridized carbons (Fsp3) is 0.222. The molecule has 0 saturated carbocycles. The summed E-state index contributed by atoms with van der Waals surface area (Å²) < 4.78 is 5.97. The molecule has 5 heteroatoms. The van der Waals surface area contributed by atoms with Gasteiger partial charge in [-0.25, -0.2) is 0 Å². The fourth-order valence-corrected chi connectivity index (χ4v) is 2.86. The molecule has 1 aliphatic rings. The van der Waals surface area contributed by atoms with E-state index in [0.29, 0.717) is 21.9 Å². The lowest BCUT2D eigenvalue weighted by atomic mass is 9.94. The van der Waals surface area contributed by atoms with Crippen molar-refractivity contribution in [1.82, 2.24) is 4.98 Å². The lowest BCUT2D eigenvalue weighted by molar-refractivity contribution is -0.136. The maximum atomic E-state index is 12.5. The van der Waals surface area contributed by atoms with E-state index >= 15 is 0 Å². The summed E-state index contributed by atoms with van der Waals surface area (Å²) in [6, 6.07) is 10.8. The molecule has 23 heavy (non-hydrogen) atoms. The predicted octanol–water partition coefficient (Wildman–Crippen LogP) is 4.26. The number of ketones is 1. The Labute approximate surface area is 139 Å². The second kappa shape index (κ2) is 6.14. The highest BCUT2D eigenvalue weighted by atomic mass is 35.5. The number of benzene rings is 1. The van der Waals surface area contributed by atoms with E-state index in [9.17, 15) is 9.90 Å². The monoisotopic (exact) mass is 329 g/mol. The summed E-state index contributed by atoms with van der Waals surface area (Å²) in [6.07, 6.45) is 0.113. The Morgan fingerprint density at radius 2 is 1.96 bits per heavy atom. The summed E-state index contributed by atoms with van der Waals surface area (Å²) in [4.78, 5) is 16.7. The van der Waals surface area contributed by atoms with Gasteiger partial charge in [-0.2, -0.15) is 0 Å². The molecule has 3 rings (SSSR count). The Bertz CT molecular complexity index is 786. The van der Waals surface area contributed by atoms with Gasteiger partial charge in [-0.15, -0.1) is 0 Å². The molecule has 2 atom stereocenters. The first kappa shape index (κ1) is 15.7. The van der Waals surface area contributed by atoms with E-state index < -0.39 is 18.0 Å². The normalized spacial score (nSPS) is 21.6. The highest BCUT2D eigenvalue weighted by molar-refractivity contribution is 6.31. The van der Waals surface area contributed by atoms with Gasteiger partial charge < -0.3 is 9.84 Å².